The summed E-state index contributed by atoms with van der Waals surface area (Å²) in [6.45, 7) is 7.99. The summed E-state index contributed by atoms with van der Waals surface area (Å²) in [6, 6.07) is 31.6. The average Bonchev–Trinajstić information content (AvgIpc) is 3.91. The van der Waals surface area contributed by atoms with Crippen LogP contribution in [0.15, 0.2) is 124 Å². The number of benzene rings is 4. The number of carbonyl (C=O) groups excluding carboxylic acids is 2. The number of esters is 2. The molecule has 5 unspecified atom stereocenters. The van der Waals surface area contributed by atoms with Gasteiger partial charge in [0.05, 0.1) is 11.8 Å². The molecule has 12 heteroatoms. The number of rotatable bonds is 12. The Morgan fingerprint density at radius 3 is 1.80 bits per heavy atom. The SMILES string of the molecule is CC1(C)C(C=C(Cl)Cl)C1C(=O)OC(C#N)c1ccc(F)c(Oc2ccccc2)c1.CC1(C)C(C=C(Cl)Cl)C1C(=O)OCc1cccc(Oc2ccccc2)c1. The van der Waals surface area contributed by atoms with E-state index in [1.165, 1.54) is 18.2 Å². The number of nitrogens with zero attached hydrogens (tertiary/aromatic N) is 1. The Bertz CT molecular complexity index is 2090. The summed E-state index contributed by atoms with van der Waals surface area (Å²) in [6.07, 6.45) is 2.11. The van der Waals surface area contributed by atoms with E-state index in [2.05, 4.69) is 0 Å². The zero-order chi connectivity index (χ0) is 39.9. The lowest BCUT2D eigenvalue weighted by Crippen LogP contribution is -2.14. The molecule has 4 aromatic carbocycles. The lowest BCUT2D eigenvalue weighted by atomic mass is 10.1. The van der Waals surface area contributed by atoms with Crippen molar-refractivity contribution in [2.75, 3.05) is 0 Å². The van der Waals surface area contributed by atoms with Crippen LogP contribution in [0.3, 0.4) is 0 Å². The average molecular weight is 826 g/mol. The van der Waals surface area contributed by atoms with Gasteiger partial charge in [-0.05, 0) is 88.9 Å². The van der Waals surface area contributed by atoms with Gasteiger partial charge < -0.3 is 18.9 Å². The molecule has 0 heterocycles. The summed E-state index contributed by atoms with van der Waals surface area (Å²) in [5.41, 5.74) is 0.614. The number of hydrogen-bond donors (Lipinski definition) is 0. The molecule has 0 N–H and O–H groups in total. The van der Waals surface area contributed by atoms with Gasteiger partial charge in [-0.3, -0.25) is 9.59 Å². The fourth-order valence-electron chi connectivity index (χ4n) is 6.45. The third-order valence-corrected chi connectivity index (χ3v) is 10.3. The molecule has 6 rings (SSSR count). The number of para-hydroxylation sites is 2. The predicted octanol–water partition coefficient (Wildman–Crippen LogP) is 12.4. The number of nitriles is 1. The smallest absolute Gasteiger partial charge is 0.311 e. The van der Waals surface area contributed by atoms with Crippen LogP contribution in [0, 0.1) is 51.6 Å². The van der Waals surface area contributed by atoms with Gasteiger partial charge in [0.2, 0.25) is 6.10 Å². The van der Waals surface area contributed by atoms with Gasteiger partial charge in [0.25, 0.3) is 0 Å². The summed E-state index contributed by atoms with van der Waals surface area (Å²) >= 11 is 22.9. The molecule has 5 atom stereocenters. The largest absolute Gasteiger partial charge is 0.461 e. The highest BCUT2D eigenvalue weighted by Gasteiger charge is 2.62. The summed E-state index contributed by atoms with van der Waals surface area (Å²) in [4.78, 5) is 25.0. The minimum atomic E-state index is -1.20. The van der Waals surface area contributed by atoms with Crippen LogP contribution < -0.4 is 9.47 Å². The first-order chi connectivity index (χ1) is 26.1. The first kappa shape index (κ1) is 41.6. The third-order valence-electron chi connectivity index (χ3n) is 9.78. The second kappa shape index (κ2) is 18.0. The van der Waals surface area contributed by atoms with Crippen molar-refractivity contribution in [2.45, 2.75) is 40.4 Å². The van der Waals surface area contributed by atoms with Crippen LogP contribution in [-0.4, -0.2) is 11.9 Å². The van der Waals surface area contributed by atoms with Crippen molar-refractivity contribution < 1.29 is 32.9 Å². The second-order valence-corrected chi connectivity index (χ2v) is 16.3. The maximum atomic E-state index is 14.2. The molecule has 55 heavy (non-hydrogen) atoms. The highest BCUT2D eigenvalue weighted by molar-refractivity contribution is 6.56. The number of hydrogen-bond acceptors (Lipinski definition) is 7. The third kappa shape index (κ3) is 10.8. The maximum Gasteiger partial charge on any atom is 0.311 e. The van der Waals surface area contributed by atoms with Crippen molar-refractivity contribution in [1.29, 1.82) is 5.26 Å². The molecule has 2 fully saturated rings. The van der Waals surface area contributed by atoms with Crippen molar-refractivity contribution in [2.24, 2.45) is 34.5 Å². The Morgan fingerprint density at radius 2 is 1.25 bits per heavy atom. The normalized spacial score (nSPS) is 20.1. The number of allylic oxidation sites excluding steroid dienone is 2. The van der Waals surface area contributed by atoms with Crippen LogP contribution in [0.1, 0.15) is 44.9 Å². The molecular weight excluding hydrogens is 787 g/mol. The van der Waals surface area contributed by atoms with E-state index in [9.17, 15) is 19.2 Å². The highest BCUT2D eigenvalue weighted by atomic mass is 35.5. The molecule has 0 amide bonds. The molecular formula is C43H38Cl4FNO6. The molecule has 2 aliphatic carbocycles. The molecule has 286 valence electrons. The molecule has 0 radical (unpaired) electrons. The molecule has 4 aromatic rings. The van der Waals surface area contributed by atoms with E-state index in [-0.39, 0.29) is 55.9 Å². The Balaban J connectivity index is 0.000000212. The van der Waals surface area contributed by atoms with Crippen molar-refractivity contribution in [3.8, 4) is 29.1 Å². The summed E-state index contributed by atoms with van der Waals surface area (Å²) < 4.78 is 36.7. The van der Waals surface area contributed by atoms with Gasteiger partial charge in [-0.2, -0.15) is 5.26 Å². The van der Waals surface area contributed by atoms with Gasteiger partial charge in [-0.15, -0.1) is 0 Å². The lowest BCUT2D eigenvalue weighted by molar-refractivity contribution is -0.149. The molecule has 2 saturated carbocycles. The first-order valence-electron chi connectivity index (χ1n) is 17.3. The first-order valence-corrected chi connectivity index (χ1v) is 18.8. The van der Waals surface area contributed by atoms with Gasteiger partial charge in [0.15, 0.2) is 11.6 Å². The number of carbonyl (C=O) groups is 2. The van der Waals surface area contributed by atoms with Crippen LogP contribution >= 0.6 is 46.4 Å². The van der Waals surface area contributed by atoms with Crippen LogP contribution in [0.2, 0.25) is 0 Å². The Kier molecular flexibility index (Phi) is 13.6. The van der Waals surface area contributed by atoms with Crippen LogP contribution in [-0.2, 0) is 25.7 Å². The minimum absolute atomic E-state index is 0.00717. The highest BCUT2D eigenvalue weighted by Crippen LogP contribution is 2.61. The van der Waals surface area contributed by atoms with Gasteiger partial charge in [0, 0.05) is 5.56 Å². The minimum Gasteiger partial charge on any atom is -0.461 e. The zero-order valence-corrected chi connectivity index (χ0v) is 33.4. The summed E-state index contributed by atoms with van der Waals surface area (Å²) in [5, 5.41) is 9.51. The van der Waals surface area contributed by atoms with E-state index in [1.54, 1.807) is 36.4 Å². The van der Waals surface area contributed by atoms with Crippen LogP contribution in [0.4, 0.5) is 4.39 Å². The molecule has 0 saturated heterocycles. The van der Waals surface area contributed by atoms with Gasteiger partial charge >= 0.3 is 11.9 Å². The number of halogens is 5. The predicted molar refractivity (Wildman–Crippen MR) is 211 cm³/mol. The molecule has 0 aromatic heterocycles. The fourth-order valence-corrected chi connectivity index (χ4v) is 7.00. The zero-order valence-electron chi connectivity index (χ0n) is 30.4. The van der Waals surface area contributed by atoms with Crippen molar-refractivity contribution in [3.05, 3.63) is 141 Å². The van der Waals surface area contributed by atoms with E-state index in [0.29, 0.717) is 17.1 Å². The Labute approximate surface area is 340 Å². The van der Waals surface area contributed by atoms with Gasteiger partial charge in [-0.1, -0.05) is 129 Å². The summed E-state index contributed by atoms with van der Waals surface area (Å²) in [7, 11) is 0. The number of ether oxygens (including phenoxy) is 4. The Morgan fingerprint density at radius 1 is 0.727 bits per heavy atom. The molecule has 2 aliphatic rings. The molecule has 0 bridgehead atoms. The van der Waals surface area contributed by atoms with Crippen molar-refractivity contribution in [1.82, 2.24) is 0 Å². The quantitative estimate of drug-likeness (QED) is 0.131. The van der Waals surface area contributed by atoms with E-state index in [0.717, 1.165) is 11.3 Å². The van der Waals surface area contributed by atoms with E-state index in [1.807, 2.05) is 94.4 Å². The molecule has 0 spiro atoms. The standard InChI is InChI=1S/C22H18Cl2FNO3.C21H20Cl2O3/c1-22(2)15(11-19(23)24)20(22)21(27)29-18(12-26)13-8-9-16(25)17(10-13)28-14-6-4-3-5-7-14;1-21(2)17(12-18(22)23)19(21)20(24)25-13-14-7-6-10-16(11-14)26-15-8-4-3-5-9-15/h3-11,15,18,20H,1-2H3;3-12,17,19H,13H2,1-2H3. The second-order valence-electron chi connectivity index (χ2n) is 14.3. The lowest BCUT2D eigenvalue weighted by Gasteiger charge is -2.14. The monoisotopic (exact) mass is 823 g/mol. The molecule has 7 nitrogen and oxygen atoms in total. The topological polar surface area (TPSA) is 94.9 Å². The van der Waals surface area contributed by atoms with Crippen molar-refractivity contribution >= 4 is 58.3 Å². The van der Waals surface area contributed by atoms with E-state index >= 15 is 0 Å². The maximum absolute atomic E-state index is 14.2. The van der Waals surface area contributed by atoms with E-state index < -0.39 is 23.8 Å². The van der Waals surface area contributed by atoms with Crippen LogP contribution in [0.5, 0.6) is 23.0 Å². The summed E-state index contributed by atoms with van der Waals surface area (Å²) in [5.74, 6) is -0.381. The van der Waals surface area contributed by atoms with Crippen LogP contribution in [0.25, 0.3) is 0 Å². The molecule has 0 aliphatic heterocycles. The van der Waals surface area contributed by atoms with Gasteiger partial charge in [-0.25, -0.2) is 4.39 Å². The fraction of sp³-hybridized carbons (Fsp3) is 0.279. The van der Waals surface area contributed by atoms with Gasteiger partial charge in [0.1, 0.15) is 38.9 Å². The Hall–Kier alpha value is -4.52. The van der Waals surface area contributed by atoms with Crippen molar-refractivity contribution in [3.63, 3.8) is 0 Å². The van der Waals surface area contributed by atoms with E-state index in [4.69, 9.17) is 65.4 Å².